The first-order valence-electron chi connectivity index (χ1n) is 8.02. The summed E-state index contributed by atoms with van der Waals surface area (Å²) in [6.45, 7) is 4.43. The number of pyridine rings is 1. The van der Waals surface area contributed by atoms with Gasteiger partial charge in [-0.1, -0.05) is 18.3 Å². The molecule has 1 aliphatic heterocycles. The van der Waals surface area contributed by atoms with Crippen LogP contribution in [0.15, 0.2) is 12.3 Å². The van der Waals surface area contributed by atoms with Gasteiger partial charge < -0.3 is 10.2 Å². The predicted molar refractivity (Wildman–Crippen MR) is 89.4 cm³/mol. The molecule has 1 atom stereocenters. The molecule has 1 aliphatic carbocycles. The highest BCUT2D eigenvalue weighted by atomic mass is 32.1. The Hall–Kier alpha value is -1.69. The van der Waals surface area contributed by atoms with Crippen molar-refractivity contribution in [3.63, 3.8) is 0 Å². The molecule has 5 nitrogen and oxygen atoms in total. The lowest BCUT2D eigenvalue weighted by molar-refractivity contribution is -0.117. The Balaban J connectivity index is 1.63. The summed E-state index contributed by atoms with van der Waals surface area (Å²) in [6.07, 6.45) is 6.25. The zero-order valence-corrected chi connectivity index (χ0v) is 13.5. The van der Waals surface area contributed by atoms with E-state index in [1.165, 1.54) is 12.8 Å². The minimum atomic E-state index is 0.0987. The Morgan fingerprint density at radius 3 is 3.05 bits per heavy atom. The normalized spacial score (nSPS) is 22.0. The van der Waals surface area contributed by atoms with E-state index in [1.54, 1.807) is 17.5 Å². The van der Waals surface area contributed by atoms with Crippen LogP contribution < -0.4 is 10.2 Å². The van der Waals surface area contributed by atoms with Crippen molar-refractivity contribution in [2.45, 2.75) is 32.6 Å². The molecule has 3 heterocycles. The molecule has 6 heteroatoms. The lowest BCUT2D eigenvalue weighted by atomic mass is 10.0. The minimum Gasteiger partial charge on any atom is -0.348 e. The van der Waals surface area contributed by atoms with Gasteiger partial charge in [-0.2, -0.15) is 0 Å². The molecule has 1 saturated carbocycles. The third-order valence-corrected chi connectivity index (χ3v) is 5.55. The molecule has 0 unspecified atom stereocenters. The van der Waals surface area contributed by atoms with Gasteiger partial charge in [-0.05, 0) is 37.7 Å². The number of hydrogen-bond donors (Lipinski definition) is 1. The van der Waals surface area contributed by atoms with Crippen LogP contribution in [0.1, 0.15) is 32.6 Å². The number of nitrogens with one attached hydrogen (secondary N) is 1. The van der Waals surface area contributed by atoms with E-state index in [4.69, 9.17) is 4.98 Å². The highest BCUT2D eigenvalue weighted by Crippen LogP contribution is 2.36. The number of fused-ring (bicyclic) bond motifs is 1. The number of carbonyl (C=O) groups excluding carboxylic acids is 1. The smallest absolute Gasteiger partial charge is 0.228 e. The van der Waals surface area contributed by atoms with Crippen molar-refractivity contribution >= 4 is 38.4 Å². The average Bonchev–Trinajstić information content (AvgIpc) is 3.26. The second-order valence-corrected chi connectivity index (χ2v) is 7.44. The third-order valence-electron chi connectivity index (χ3n) is 4.41. The highest BCUT2D eigenvalue weighted by Gasteiger charge is 2.30. The summed E-state index contributed by atoms with van der Waals surface area (Å²) < 4.78 is 0.990. The van der Waals surface area contributed by atoms with Crippen LogP contribution >= 0.6 is 11.3 Å². The molecular weight excluding hydrogens is 296 g/mol. The summed E-state index contributed by atoms with van der Waals surface area (Å²) in [5.74, 6) is 1.67. The van der Waals surface area contributed by atoms with Crippen molar-refractivity contribution in [3.8, 4) is 0 Å². The number of hydrogen-bond acceptors (Lipinski definition) is 5. The van der Waals surface area contributed by atoms with Crippen LogP contribution in [0.4, 0.5) is 10.9 Å². The fraction of sp³-hybridized carbons (Fsp3) is 0.562. The fourth-order valence-corrected chi connectivity index (χ4v) is 4.04. The van der Waals surface area contributed by atoms with Crippen molar-refractivity contribution in [2.75, 3.05) is 23.3 Å². The van der Waals surface area contributed by atoms with E-state index < -0.39 is 0 Å². The second kappa shape index (κ2) is 5.50. The number of rotatable bonds is 3. The number of thiazole rings is 1. The summed E-state index contributed by atoms with van der Waals surface area (Å²) in [7, 11) is 0. The van der Waals surface area contributed by atoms with Crippen LogP contribution in [0.2, 0.25) is 0 Å². The van der Waals surface area contributed by atoms with Crippen molar-refractivity contribution in [3.05, 3.63) is 12.3 Å². The third kappa shape index (κ3) is 2.67. The maximum Gasteiger partial charge on any atom is 0.228 e. The monoisotopic (exact) mass is 316 g/mol. The minimum absolute atomic E-state index is 0.0987. The van der Waals surface area contributed by atoms with Crippen LogP contribution in [0, 0.1) is 11.8 Å². The van der Waals surface area contributed by atoms with E-state index in [-0.39, 0.29) is 11.8 Å². The van der Waals surface area contributed by atoms with Crippen LogP contribution in [0.5, 0.6) is 0 Å². The first-order valence-corrected chi connectivity index (χ1v) is 8.83. The zero-order chi connectivity index (χ0) is 15.1. The molecule has 116 valence electrons. The second-order valence-electron chi connectivity index (χ2n) is 6.46. The quantitative estimate of drug-likeness (QED) is 0.944. The Kier molecular flexibility index (Phi) is 3.48. The van der Waals surface area contributed by atoms with Gasteiger partial charge in [0.25, 0.3) is 0 Å². The van der Waals surface area contributed by atoms with E-state index in [1.807, 2.05) is 6.07 Å². The van der Waals surface area contributed by atoms with Gasteiger partial charge in [0.1, 0.15) is 0 Å². The summed E-state index contributed by atoms with van der Waals surface area (Å²) in [5, 5.41) is 4.03. The zero-order valence-electron chi connectivity index (χ0n) is 12.7. The van der Waals surface area contributed by atoms with Gasteiger partial charge in [-0.25, -0.2) is 9.97 Å². The first kappa shape index (κ1) is 13.9. The van der Waals surface area contributed by atoms with Crippen molar-refractivity contribution < 1.29 is 4.79 Å². The average molecular weight is 316 g/mol. The molecule has 2 aromatic rings. The molecule has 1 saturated heterocycles. The molecule has 0 radical (unpaired) electrons. The molecule has 2 aromatic heterocycles. The highest BCUT2D eigenvalue weighted by molar-refractivity contribution is 7.22. The number of aromatic nitrogens is 2. The molecule has 4 rings (SSSR count). The SMILES string of the molecule is C[C@H]1CCCN(c2nc3ccnc(NC(=O)C4CC4)c3s2)C1. The number of nitrogens with zero attached hydrogens (tertiary/aromatic N) is 3. The van der Waals surface area contributed by atoms with Crippen molar-refractivity contribution in [2.24, 2.45) is 11.8 Å². The van der Waals surface area contributed by atoms with Gasteiger partial charge in [-0.15, -0.1) is 0 Å². The van der Waals surface area contributed by atoms with Gasteiger partial charge in [-0.3, -0.25) is 4.79 Å². The maximum absolute atomic E-state index is 12.0. The predicted octanol–water partition coefficient (Wildman–Crippen LogP) is 3.28. The molecule has 0 aromatic carbocycles. The Morgan fingerprint density at radius 1 is 1.41 bits per heavy atom. The van der Waals surface area contributed by atoms with E-state index in [9.17, 15) is 4.79 Å². The summed E-state index contributed by atoms with van der Waals surface area (Å²) in [5.41, 5.74) is 0.930. The largest absolute Gasteiger partial charge is 0.348 e. The van der Waals surface area contributed by atoms with Crippen LogP contribution in [-0.4, -0.2) is 29.0 Å². The van der Waals surface area contributed by atoms with Gasteiger partial charge in [0, 0.05) is 25.2 Å². The summed E-state index contributed by atoms with van der Waals surface area (Å²) in [4.78, 5) is 23.5. The Bertz CT molecular complexity index is 709. The van der Waals surface area contributed by atoms with Crippen molar-refractivity contribution in [1.29, 1.82) is 0 Å². The Labute approximate surface area is 133 Å². The molecule has 1 N–H and O–H groups in total. The summed E-state index contributed by atoms with van der Waals surface area (Å²) >= 11 is 1.64. The molecule has 2 aliphatic rings. The van der Waals surface area contributed by atoms with Crippen LogP contribution in [0.25, 0.3) is 10.2 Å². The molecule has 1 amide bonds. The number of anilines is 2. The first-order chi connectivity index (χ1) is 10.7. The lowest BCUT2D eigenvalue weighted by Gasteiger charge is -2.30. The van der Waals surface area contributed by atoms with E-state index >= 15 is 0 Å². The number of carbonyl (C=O) groups is 1. The molecule has 2 fully saturated rings. The standard InChI is InChI=1S/C16H20N4OS/c1-10-3-2-8-20(9-10)16-18-12-6-7-17-14(13(12)22-16)19-15(21)11-4-5-11/h6-7,10-11H,2-5,8-9H2,1H3,(H,17,19,21)/t10-/m0/s1. The number of amides is 1. The summed E-state index contributed by atoms with van der Waals surface area (Å²) in [6, 6.07) is 1.93. The van der Waals surface area contributed by atoms with Gasteiger partial charge >= 0.3 is 0 Å². The van der Waals surface area contributed by atoms with Crippen LogP contribution in [-0.2, 0) is 4.79 Å². The lowest BCUT2D eigenvalue weighted by Crippen LogP contribution is -2.34. The Morgan fingerprint density at radius 2 is 2.27 bits per heavy atom. The van der Waals surface area contributed by atoms with E-state index in [0.717, 1.165) is 41.3 Å². The molecule has 0 bridgehead atoms. The molecular formula is C16H20N4OS. The van der Waals surface area contributed by atoms with Gasteiger partial charge in [0.2, 0.25) is 5.91 Å². The van der Waals surface area contributed by atoms with Crippen molar-refractivity contribution in [1.82, 2.24) is 9.97 Å². The van der Waals surface area contributed by atoms with Gasteiger partial charge in [0.15, 0.2) is 10.9 Å². The van der Waals surface area contributed by atoms with Crippen LogP contribution in [0.3, 0.4) is 0 Å². The van der Waals surface area contributed by atoms with Gasteiger partial charge in [0.05, 0.1) is 10.2 Å². The fourth-order valence-electron chi connectivity index (χ4n) is 3.00. The molecule has 0 spiro atoms. The van der Waals surface area contributed by atoms with E-state index in [0.29, 0.717) is 11.7 Å². The van der Waals surface area contributed by atoms with E-state index in [2.05, 4.69) is 22.1 Å². The number of piperidine rings is 1. The molecule has 22 heavy (non-hydrogen) atoms. The maximum atomic E-state index is 12.0. The topological polar surface area (TPSA) is 58.1 Å².